The van der Waals surface area contributed by atoms with E-state index in [4.69, 9.17) is 4.74 Å². The van der Waals surface area contributed by atoms with Crippen molar-refractivity contribution in [1.82, 2.24) is 9.38 Å². The van der Waals surface area contributed by atoms with Crippen molar-refractivity contribution >= 4 is 17.8 Å². The molecule has 0 spiro atoms. The lowest BCUT2D eigenvalue weighted by molar-refractivity contribution is 0.0529. The van der Waals surface area contributed by atoms with E-state index in [1.807, 2.05) is 12.1 Å². The van der Waals surface area contributed by atoms with Crippen LogP contribution in [0.4, 0.5) is 0 Å². The monoisotopic (exact) mass is 294 g/mol. The summed E-state index contributed by atoms with van der Waals surface area (Å²) in [6.07, 6.45) is 4.11. The minimum atomic E-state index is -0.458. The smallest absolute Gasteiger partial charge is 0.341 e. The van der Waals surface area contributed by atoms with Gasteiger partial charge in [-0.1, -0.05) is 12.1 Å². The molecule has 0 N–H and O–H groups in total. The first-order valence-corrected chi connectivity index (χ1v) is 6.94. The molecule has 0 atom stereocenters. The Bertz CT molecular complexity index is 838. The van der Waals surface area contributed by atoms with E-state index in [0.717, 1.165) is 6.29 Å². The highest BCUT2D eigenvalue weighted by atomic mass is 16.5. The number of hydrogen-bond acceptors (Lipinski definition) is 4. The molecule has 0 aliphatic rings. The van der Waals surface area contributed by atoms with Crippen LogP contribution in [0.3, 0.4) is 0 Å². The first kappa shape index (κ1) is 14.0. The van der Waals surface area contributed by atoms with Gasteiger partial charge in [-0.05, 0) is 31.2 Å². The van der Waals surface area contributed by atoms with Gasteiger partial charge in [0.15, 0.2) is 6.29 Å². The van der Waals surface area contributed by atoms with Crippen molar-refractivity contribution in [3.05, 3.63) is 60.0 Å². The van der Waals surface area contributed by atoms with Gasteiger partial charge in [-0.25, -0.2) is 4.79 Å². The summed E-state index contributed by atoms with van der Waals surface area (Å²) < 4.78 is 6.84. The van der Waals surface area contributed by atoms with Crippen LogP contribution in [-0.2, 0) is 4.74 Å². The van der Waals surface area contributed by atoms with E-state index in [1.54, 1.807) is 48.0 Å². The maximum absolute atomic E-state index is 12.4. The van der Waals surface area contributed by atoms with Crippen molar-refractivity contribution in [1.29, 1.82) is 0 Å². The summed E-state index contributed by atoms with van der Waals surface area (Å²) in [6, 6.07) is 10.8. The minimum absolute atomic E-state index is 0.265. The van der Waals surface area contributed by atoms with Gasteiger partial charge in [-0.3, -0.25) is 9.78 Å². The highest BCUT2D eigenvalue weighted by Gasteiger charge is 2.25. The maximum atomic E-state index is 12.4. The predicted octanol–water partition coefficient (Wildman–Crippen LogP) is 2.99. The molecule has 0 aromatic carbocycles. The van der Waals surface area contributed by atoms with E-state index in [-0.39, 0.29) is 6.61 Å². The second-order valence-electron chi connectivity index (χ2n) is 4.64. The van der Waals surface area contributed by atoms with Crippen molar-refractivity contribution in [2.45, 2.75) is 6.92 Å². The average molecular weight is 294 g/mol. The number of carbonyl (C=O) groups is 2. The number of ether oxygens (including phenoxy) is 1. The number of hydrogen-bond donors (Lipinski definition) is 0. The molecule has 3 aromatic heterocycles. The third-order valence-electron chi connectivity index (χ3n) is 3.39. The van der Waals surface area contributed by atoms with Gasteiger partial charge >= 0.3 is 5.97 Å². The highest BCUT2D eigenvalue weighted by molar-refractivity contribution is 6.08. The normalized spacial score (nSPS) is 10.6. The molecule has 0 amide bonds. The number of pyridine rings is 2. The Morgan fingerprint density at radius 1 is 1.27 bits per heavy atom. The van der Waals surface area contributed by atoms with Gasteiger partial charge in [0.2, 0.25) is 0 Å². The van der Waals surface area contributed by atoms with Gasteiger partial charge < -0.3 is 9.14 Å². The SMILES string of the molecule is CCOC(=O)c1c(-c2ccccn2)c(C=O)n2ccccc12. The van der Waals surface area contributed by atoms with Gasteiger partial charge in [0.05, 0.1) is 29.1 Å². The molecule has 5 nitrogen and oxygen atoms in total. The number of nitrogens with zero attached hydrogens (tertiary/aromatic N) is 2. The molecule has 3 rings (SSSR count). The van der Waals surface area contributed by atoms with E-state index in [1.165, 1.54) is 0 Å². The number of esters is 1. The number of aldehydes is 1. The molecule has 22 heavy (non-hydrogen) atoms. The molecular weight excluding hydrogens is 280 g/mol. The summed E-state index contributed by atoms with van der Waals surface area (Å²) >= 11 is 0. The Morgan fingerprint density at radius 2 is 2.09 bits per heavy atom. The summed E-state index contributed by atoms with van der Waals surface area (Å²) in [6.45, 7) is 2.01. The van der Waals surface area contributed by atoms with Gasteiger partial charge in [0.1, 0.15) is 0 Å². The molecule has 0 radical (unpaired) electrons. The molecule has 3 heterocycles. The Balaban J connectivity index is 2.39. The Kier molecular flexibility index (Phi) is 3.70. The molecule has 3 aromatic rings. The Labute approximate surface area is 127 Å². The summed E-state index contributed by atoms with van der Waals surface area (Å²) in [5, 5.41) is 0. The van der Waals surface area contributed by atoms with Crippen LogP contribution in [0, 0.1) is 0 Å². The molecule has 0 fully saturated rings. The molecular formula is C17H14N2O3. The van der Waals surface area contributed by atoms with Crippen molar-refractivity contribution in [2.75, 3.05) is 6.61 Å². The summed E-state index contributed by atoms with van der Waals surface area (Å²) in [5.74, 6) is -0.458. The quantitative estimate of drug-likeness (QED) is 0.548. The number of carbonyl (C=O) groups excluding carboxylic acids is 2. The lowest BCUT2D eigenvalue weighted by Gasteiger charge is -2.04. The number of fused-ring (bicyclic) bond motifs is 1. The molecule has 5 heteroatoms. The fourth-order valence-electron chi connectivity index (χ4n) is 2.53. The van der Waals surface area contributed by atoms with Crippen molar-refractivity contribution in [3.8, 4) is 11.3 Å². The second-order valence-corrected chi connectivity index (χ2v) is 4.64. The van der Waals surface area contributed by atoms with Gasteiger partial charge in [-0.2, -0.15) is 0 Å². The molecule has 0 aliphatic carbocycles. The van der Waals surface area contributed by atoms with E-state index in [2.05, 4.69) is 4.98 Å². The summed E-state index contributed by atoms with van der Waals surface area (Å²) in [7, 11) is 0. The molecule has 0 unspecified atom stereocenters. The molecule has 0 saturated carbocycles. The van der Waals surface area contributed by atoms with Gasteiger partial charge in [-0.15, -0.1) is 0 Å². The largest absolute Gasteiger partial charge is 0.462 e. The number of aromatic nitrogens is 2. The van der Waals surface area contributed by atoms with Crippen LogP contribution in [0.15, 0.2) is 48.8 Å². The summed E-state index contributed by atoms with van der Waals surface area (Å²) in [4.78, 5) is 28.3. The van der Waals surface area contributed by atoms with E-state index in [0.29, 0.717) is 28.0 Å². The highest BCUT2D eigenvalue weighted by Crippen LogP contribution is 2.31. The van der Waals surface area contributed by atoms with Crippen LogP contribution in [0.1, 0.15) is 27.8 Å². The van der Waals surface area contributed by atoms with Crippen molar-refractivity contribution in [2.24, 2.45) is 0 Å². The lowest BCUT2D eigenvalue weighted by atomic mass is 10.1. The minimum Gasteiger partial charge on any atom is -0.462 e. The van der Waals surface area contributed by atoms with Crippen LogP contribution in [0.5, 0.6) is 0 Å². The fraction of sp³-hybridized carbons (Fsp3) is 0.118. The maximum Gasteiger partial charge on any atom is 0.341 e. The zero-order valence-electron chi connectivity index (χ0n) is 12.0. The second kappa shape index (κ2) is 5.81. The van der Waals surface area contributed by atoms with Crippen LogP contribution in [0.25, 0.3) is 16.8 Å². The van der Waals surface area contributed by atoms with Gasteiger partial charge in [0.25, 0.3) is 0 Å². The first-order chi connectivity index (χ1) is 10.8. The third-order valence-corrected chi connectivity index (χ3v) is 3.39. The van der Waals surface area contributed by atoms with Crippen molar-refractivity contribution in [3.63, 3.8) is 0 Å². The number of rotatable bonds is 4. The average Bonchev–Trinajstić information content (AvgIpc) is 2.90. The van der Waals surface area contributed by atoms with Crippen LogP contribution in [-0.4, -0.2) is 28.2 Å². The molecule has 0 aliphatic heterocycles. The fourth-order valence-corrected chi connectivity index (χ4v) is 2.53. The zero-order valence-corrected chi connectivity index (χ0v) is 12.0. The van der Waals surface area contributed by atoms with Gasteiger partial charge in [0, 0.05) is 18.0 Å². The van der Waals surface area contributed by atoms with E-state index >= 15 is 0 Å². The van der Waals surface area contributed by atoms with Crippen LogP contribution >= 0.6 is 0 Å². The standard InChI is InChI=1S/C17H14N2O3/c1-2-22-17(21)16-13-8-4-6-10-19(13)14(11-20)15(16)12-7-3-5-9-18-12/h3-11H,2H2,1H3. The van der Waals surface area contributed by atoms with Crippen LogP contribution in [0.2, 0.25) is 0 Å². The zero-order chi connectivity index (χ0) is 15.5. The molecule has 0 saturated heterocycles. The van der Waals surface area contributed by atoms with E-state index < -0.39 is 5.97 Å². The summed E-state index contributed by atoms with van der Waals surface area (Å²) in [5.41, 5.74) is 2.45. The van der Waals surface area contributed by atoms with Crippen LogP contribution < -0.4 is 0 Å². The Hall–Kier alpha value is -2.95. The molecule has 0 bridgehead atoms. The lowest BCUT2D eigenvalue weighted by Crippen LogP contribution is -2.06. The van der Waals surface area contributed by atoms with E-state index in [9.17, 15) is 9.59 Å². The third kappa shape index (κ3) is 2.16. The van der Waals surface area contributed by atoms with Crippen molar-refractivity contribution < 1.29 is 14.3 Å². The Morgan fingerprint density at radius 3 is 2.77 bits per heavy atom. The predicted molar refractivity (Wildman–Crippen MR) is 82.0 cm³/mol. The topological polar surface area (TPSA) is 60.7 Å². The molecule has 110 valence electrons. The first-order valence-electron chi connectivity index (χ1n) is 6.94.